The van der Waals surface area contributed by atoms with Crippen LogP contribution in [-0.2, 0) is 0 Å². The molecule has 4 aromatic rings. The summed E-state index contributed by atoms with van der Waals surface area (Å²) in [5, 5.41) is 9.02. The van der Waals surface area contributed by atoms with Crippen LogP contribution in [0.1, 0.15) is 11.3 Å². The molecule has 0 bridgehead atoms. The van der Waals surface area contributed by atoms with E-state index < -0.39 is 0 Å². The Morgan fingerprint density at radius 2 is 1.68 bits per heavy atom. The monoisotopic (exact) mass is 387 g/mol. The Bertz CT molecular complexity index is 1090. The van der Waals surface area contributed by atoms with E-state index in [1.807, 2.05) is 47.3 Å². The Balaban J connectivity index is 1.73. The second kappa shape index (κ2) is 7.86. The van der Waals surface area contributed by atoms with Gasteiger partial charge in [-0.05, 0) is 50.4 Å². The van der Waals surface area contributed by atoms with Gasteiger partial charge in [-0.3, -0.25) is 0 Å². The minimum atomic E-state index is 0.570. The first kappa shape index (κ1) is 18.3. The number of benzene rings is 2. The Labute approximate surface area is 168 Å². The molecule has 0 aliphatic carbocycles. The van der Waals surface area contributed by atoms with Crippen molar-refractivity contribution in [3.05, 3.63) is 78.1 Å². The lowest BCUT2D eigenvalue weighted by Crippen LogP contribution is -2.00. The first-order valence-electron chi connectivity index (χ1n) is 9.02. The molecule has 140 valence electrons. The first-order valence-corrected chi connectivity index (χ1v) is 10.2. The van der Waals surface area contributed by atoms with Crippen LogP contribution in [-0.4, -0.2) is 26.0 Å². The third-order valence-corrected chi connectivity index (χ3v) is 5.17. The number of anilines is 2. The molecule has 0 atom stereocenters. The molecular formula is C22H21N5S. The summed E-state index contributed by atoms with van der Waals surface area (Å²) in [6.45, 7) is 4.14. The van der Waals surface area contributed by atoms with Crippen molar-refractivity contribution in [3.8, 4) is 16.9 Å². The fraction of sp³-hybridized carbons (Fsp3) is 0.136. The van der Waals surface area contributed by atoms with Crippen LogP contribution < -0.4 is 5.32 Å². The van der Waals surface area contributed by atoms with Gasteiger partial charge in [-0.25, -0.2) is 14.6 Å². The maximum absolute atomic E-state index is 4.80. The number of rotatable bonds is 5. The van der Waals surface area contributed by atoms with E-state index in [0.717, 1.165) is 33.4 Å². The molecule has 1 N–H and O–H groups in total. The Morgan fingerprint density at radius 1 is 0.929 bits per heavy atom. The summed E-state index contributed by atoms with van der Waals surface area (Å²) in [4.78, 5) is 9.12. The topological polar surface area (TPSA) is 55.6 Å². The molecule has 0 unspecified atom stereocenters. The SMILES string of the molecule is CSc1nn(-c2ccccc2)c(C)c1-c1ccnc(Nc2ccc(C)cc2)n1. The molecule has 0 aliphatic rings. The van der Waals surface area contributed by atoms with E-state index in [-0.39, 0.29) is 0 Å². The van der Waals surface area contributed by atoms with Crippen molar-refractivity contribution in [3.63, 3.8) is 0 Å². The van der Waals surface area contributed by atoms with Gasteiger partial charge >= 0.3 is 0 Å². The van der Waals surface area contributed by atoms with Gasteiger partial charge in [0.25, 0.3) is 0 Å². The minimum absolute atomic E-state index is 0.570. The summed E-state index contributed by atoms with van der Waals surface area (Å²) in [7, 11) is 0. The van der Waals surface area contributed by atoms with E-state index in [1.54, 1.807) is 18.0 Å². The summed E-state index contributed by atoms with van der Waals surface area (Å²) in [6, 6.07) is 20.3. The van der Waals surface area contributed by atoms with E-state index in [4.69, 9.17) is 10.1 Å². The second-order valence-electron chi connectivity index (χ2n) is 6.47. The molecule has 0 spiro atoms. The molecule has 5 nitrogen and oxygen atoms in total. The van der Waals surface area contributed by atoms with Gasteiger partial charge in [0.2, 0.25) is 5.95 Å². The molecule has 0 saturated heterocycles. The largest absolute Gasteiger partial charge is 0.324 e. The number of thioether (sulfide) groups is 1. The summed E-state index contributed by atoms with van der Waals surface area (Å²) in [6.07, 6.45) is 3.82. The van der Waals surface area contributed by atoms with E-state index >= 15 is 0 Å². The van der Waals surface area contributed by atoms with Gasteiger partial charge in [-0.2, -0.15) is 5.10 Å². The highest BCUT2D eigenvalue weighted by molar-refractivity contribution is 7.98. The highest BCUT2D eigenvalue weighted by Gasteiger charge is 2.18. The molecule has 2 heterocycles. The van der Waals surface area contributed by atoms with E-state index in [9.17, 15) is 0 Å². The highest BCUT2D eigenvalue weighted by atomic mass is 32.2. The number of aromatic nitrogens is 4. The predicted octanol–water partition coefficient (Wildman–Crippen LogP) is 5.41. The fourth-order valence-electron chi connectivity index (χ4n) is 3.06. The van der Waals surface area contributed by atoms with Crippen LogP contribution in [0, 0.1) is 13.8 Å². The van der Waals surface area contributed by atoms with Gasteiger partial charge in [0, 0.05) is 11.9 Å². The normalized spacial score (nSPS) is 10.8. The van der Waals surface area contributed by atoms with Crippen molar-refractivity contribution in [1.29, 1.82) is 0 Å². The quantitative estimate of drug-likeness (QED) is 0.464. The molecule has 28 heavy (non-hydrogen) atoms. The molecule has 6 heteroatoms. The van der Waals surface area contributed by atoms with Crippen LogP contribution in [0.5, 0.6) is 0 Å². The van der Waals surface area contributed by atoms with Gasteiger partial charge in [-0.1, -0.05) is 35.9 Å². The molecule has 0 aliphatic heterocycles. The summed E-state index contributed by atoms with van der Waals surface area (Å²) < 4.78 is 1.97. The van der Waals surface area contributed by atoms with E-state index in [1.165, 1.54) is 5.56 Å². The van der Waals surface area contributed by atoms with Crippen LogP contribution in [0.25, 0.3) is 16.9 Å². The van der Waals surface area contributed by atoms with Crippen LogP contribution in [0.2, 0.25) is 0 Å². The third-order valence-electron chi connectivity index (χ3n) is 4.50. The highest BCUT2D eigenvalue weighted by Crippen LogP contribution is 2.33. The van der Waals surface area contributed by atoms with Crippen molar-refractivity contribution in [2.45, 2.75) is 18.9 Å². The Kier molecular flexibility index (Phi) is 5.12. The molecular weight excluding hydrogens is 366 g/mol. The number of hydrogen-bond donors (Lipinski definition) is 1. The summed E-state index contributed by atoms with van der Waals surface area (Å²) in [5.74, 6) is 0.570. The summed E-state index contributed by atoms with van der Waals surface area (Å²) >= 11 is 1.62. The van der Waals surface area contributed by atoms with Crippen molar-refractivity contribution in [2.24, 2.45) is 0 Å². The van der Waals surface area contributed by atoms with E-state index in [0.29, 0.717) is 5.95 Å². The van der Waals surface area contributed by atoms with E-state index in [2.05, 4.69) is 48.4 Å². The standard InChI is InChI=1S/C22H21N5S/c1-15-9-11-17(12-10-15)24-22-23-14-13-19(25-22)20-16(2)27(26-21(20)28-3)18-7-5-4-6-8-18/h4-14H,1-3H3,(H,23,24,25). The van der Waals surface area contributed by atoms with Crippen LogP contribution in [0.3, 0.4) is 0 Å². The van der Waals surface area contributed by atoms with Gasteiger partial charge in [0.1, 0.15) is 5.03 Å². The van der Waals surface area contributed by atoms with Gasteiger partial charge in [0.05, 0.1) is 22.6 Å². The zero-order valence-electron chi connectivity index (χ0n) is 16.0. The Hall–Kier alpha value is -3.12. The Morgan fingerprint density at radius 3 is 2.39 bits per heavy atom. The number of aryl methyl sites for hydroxylation is 1. The fourth-order valence-corrected chi connectivity index (χ4v) is 3.68. The van der Waals surface area contributed by atoms with Crippen molar-refractivity contribution in [2.75, 3.05) is 11.6 Å². The molecule has 0 saturated carbocycles. The smallest absolute Gasteiger partial charge is 0.227 e. The molecule has 0 fully saturated rings. The third kappa shape index (κ3) is 3.64. The number of hydrogen-bond acceptors (Lipinski definition) is 5. The lowest BCUT2D eigenvalue weighted by molar-refractivity contribution is 0.814. The van der Waals surface area contributed by atoms with Crippen LogP contribution >= 0.6 is 11.8 Å². The zero-order chi connectivity index (χ0) is 19.5. The predicted molar refractivity (Wildman–Crippen MR) is 116 cm³/mol. The van der Waals surface area contributed by atoms with Crippen molar-refractivity contribution < 1.29 is 0 Å². The molecule has 4 rings (SSSR count). The molecule has 0 radical (unpaired) electrons. The molecule has 0 amide bonds. The van der Waals surface area contributed by atoms with Gasteiger partial charge < -0.3 is 5.32 Å². The van der Waals surface area contributed by atoms with Crippen molar-refractivity contribution >= 4 is 23.4 Å². The second-order valence-corrected chi connectivity index (χ2v) is 7.27. The van der Waals surface area contributed by atoms with Crippen molar-refractivity contribution in [1.82, 2.24) is 19.7 Å². The first-order chi connectivity index (χ1) is 13.7. The average molecular weight is 388 g/mol. The maximum atomic E-state index is 4.80. The number of nitrogens with one attached hydrogen (secondary N) is 1. The number of para-hydroxylation sites is 1. The summed E-state index contributed by atoms with van der Waals surface area (Å²) in [5.41, 5.74) is 6.15. The average Bonchev–Trinajstić information content (AvgIpc) is 3.07. The number of nitrogens with zero attached hydrogens (tertiary/aromatic N) is 4. The molecule has 2 aromatic carbocycles. The lowest BCUT2D eigenvalue weighted by atomic mass is 10.2. The van der Waals surface area contributed by atoms with Gasteiger partial charge in [-0.15, -0.1) is 11.8 Å². The zero-order valence-corrected chi connectivity index (χ0v) is 16.9. The maximum Gasteiger partial charge on any atom is 0.227 e. The van der Waals surface area contributed by atoms with Crippen LogP contribution in [0.15, 0.2) is 71.9 Å². The van der Waals surface area contributed by atoms with Crippen LogP contribution in [0.4, 0.5) is 11.6 Å². The minimum Gasteiger partial charge on any atom is -0.324 e. The lowest BCUT2D eigenvalue weighted by Gasteiger charge is -2.08. The molecule has 2 aromatic heterocycles. The van der Waals surface area contributed by atoms with Gasteiger partial charge in [0.15, 0.2) is 0 Å².